The molecule has 0 saturated carbocycles. The van der Waals surface area contributed by atoms with Crippen molar-refractivity contribution >= 4 is 35.1 Å². The van der Waals surface area contributed by atoms with Crippen LogP contribution < -0.4 is 10.5 Å². The van der Waals surface area contributed by atoms with Gasteiger partial charge in [0.15, 0.2) is 5.16 Å². The van der Waals surface area contributed by atoms with E-state index in [0.717, 1.165) is 10.6 Å². The number of nitrogens with zero attached hydrogens (tertiary/aromatic N) is 2. The Kier molecular flexibility index (Phi) is 4.50. The van der Waals surface area contributed by atoms with E-state index in [4.69, 9.17) is 0 Å². The van der Waals surface area contributed by atoms with Crippen molar-refractivity contribution in [1.29, 1.82) is 0 Å². The summed E-state index contributed by atoms with van der Waals surface area (Å²) in [6, 6.07) is 9.33. The van der Waals surface area contributed by atoms with Crippen LogP contribution in [0.1, 0.15) is 0 Å². The van der Waals surface area contributed by atoms with Gasteiger partial charge in [0.1, 0.15) is 0 Å². The first-order chi connectivity index (χ1) is 12.2. The number of carbonyl (C=O) groups is 1. The first-order valence-electron chi connectivity index (χ1n) is 7.83. The molecule has 2 atom stereocenters. The lowest BCUT2D eigenvalue weighted by Gasteiger charge is -2.40. The summed E-state index contributed by atoms with van der Waals surface area (Å²) in [5.74, 6) is 0.214. The van der Waals surface area contributed by atoms with E-state index in [1.807, 2.05) is 41.3 Å². The molecule has 0 saturated heterocycles. The quantitative estimate of drug-likeness (QED) is 0.666. The largest absolute Gasteiger partial charge is 0.302 e. The van der Waals surface area contributed by atoms with Gasteiger partial charge in [-0.25, -0.2) is 4.98 Å². The smallest absolute Gasteiger partial charge is 0.251 e. The number of nitrogens with one attached hydrogen (secondary N) is 1. The molecule has 5 nitrogen and oxygen atoms in total. The second-order valence-corrected chi connectivity index (χ2v) is 7.79. The number of H-pyrrole nitrogens is 1. The summed E-state index contributed by atoms with van der Waals surface area (Å²) in [5, 5.41) is 0.666. The molecule has 0 fully saturated rings. The van der Waals surface area contributed by atoms with Crippen molar-refractivity contribution in [2.45, 2.75) is 21.3 Å². The first-order valence-corrected chi connectivity index (χ1v) is 9.70. The van der Waals surface area contributed by atoms with Gasteiger partial charge in [0.25, 0.3) is 5.56 Å². The van der Waals surface area contributed by atoms with E-state index in [1.54, 1.807) is 11.8 Å². The van der Waals surface area contributed by atoms with Gasteiger partial charge in [-0.1, -0.05) is 48.2 Å². The van der Waals surface area contributed by atoms with Crippen LogP contribution in [0.4, 0.5) is 5.69 Å². The number of rotatable bonds is 3. The van der Waals surface area contributed by atoms with Crippen LogP contribution in [0.3, 0.4) is 0 Å². The molecule has 126 valence electrons. The van der Waals surface area contributed by atoms with E-state index in [9.17, 15) is 9.59 Å². The van der Waals surface area contributed by atoms with Crippen LogP contribution in [-0.2, 0) is 4.79 Å². The first kappa shape index (κ1) is 16.2. The van der Waals surface area contributed by atoms with Crippen LogP contribution in [0.5, 0.6) is 0 Å². The number of aromatic amines is 1. The van der Waals surface area contributed by atoms with Gasteiger partial charge in [0.05, 0.1) is 22.7 Å². The maximum Gasteiger partial charge on any atom is 0.251 e. The average Bonchev–Trinajstić information content (AvgIpc) is 2.64. The second-order valence-electron chi connectivity index (χ2n) is 5.60. The van der Waals surface area contributed by atoms with E-state index >= 15 is 0 Å². The number of anilines is 1. The highest BCUT2D eigenvalue weighted by atomic mass is 32.2. The fraction of sp³-hybridized carbons (Fsp3) is 0.167. The van der Waals surface area contributed by atoms with E-state index < -0.39 is 0 Å². The molecule has 1 amide bonds. The predicted molar refractivity (Wildman–Crippen MR) is 101 cm³/mol. The molecule has 1 aliphatic carbocycles. The Balaban J connectivity index is 1.60. The highest BCUT2D eigenvalue weighted by molar-refractivity contribution is 8.00. The van der Waals surface area contributed by atoms with Crippen molar-refractivity contribution < 1.29 is 4.79 Å². The number of amides is 1. The average molecular weight is 369 g/mol. The number of hydrogen-bond donors (Lipinski definition) is 1. The molecule has 2 aromatic rings. The Labute approximate surface area is 153 Å². The van der Waals surface area contributed by atoms with Crippen LogP contribution >= 0.6 is 23.5 Å². The van der Waals surface area contributed by atoms with E-state index in [0.29, 0.717) is 5.16 Å². The molecule has 2 heterocycles. The summed E-state index contributed by atoms with van der Waals surface area (Å²) in [5.41, 5.74) is 0.721. The van der Waals surface area contributed by atoms with Crippen molar-refractivity contribution in [3.8, 4) is 0 Å². The zero-order valence-corrected chi connectivity index (χ0v) is 14.8. The summed E-state index contributed by atoms with van der Waals surface area (Å²) in [4.78, 5) is 34.1. The molecule has 1 aliphatic heterocycles. The third-order valence-electron chi connectivity index (χ3n) is 3.99. The van der Waals surface area contributed by atoms with Gasteiger partial charge in [-0.05, 0) is 12.1 Å². The predicted octanol–water partition coefficient (Wildman–Crippen LogP) is 2.86. The van der Waals surface area contributed by atoms with Crippen LogP contribution in [0, 0.1) is 0 Å². The lowest BCUT2D eigenvalue weighted by Crippen LogP contribution is -2.48. The van der Waals surface area contributed by atoms with Gasteiger partial charge >= 0.3 is 0 Å². The lowest BCUT2D eigenvalue weighted by atomic mass is 10.0. The zero-order valence-electron chi connectivity index (χ0n) is 13.2. The summed E-state index contributed by atoms with van der Waals surface area (Å²) in [7, 11) is 0. The Morgan fingerprint density at radius 1 is 1.24 bits per heavy atom. The molecule has 0 spiro atoms. The number of thioether (sulfide) groups is 2. The van der Waals surface area contributed by atoms with Crippen molar-refractivity contribution in [2.75, 3.05) is 10.7 Å². The Bertz CT molecular complexity index is 922. The van der Waals surface area contributed by atoms with Gasteiger partial charge in [-0.15, -0.1) is 11.8 Å². The summed E-state index contributed by atoms with van der Waals surface area (Å²) < 4.78 is 0. The molecule has 0 radical (unpaired) electrons. The minimum atomic E-state index is -0.218. The zero-order chi connectivity index (χ0) is 17.2. The number of fused-ring (bicyclic) bond motifs is 2. The molecular formula is C18H15N3O2S2. The van der Waals surface area contributed by atoms with Crippen molar-refractivity contribution in [3.05, 3.63) is 71.2 Å². The highest BCUT2D eigenvalue weighted by Crippen LogP contribution is 2.43. The fourth-order valence-electron chi connectivity index (χ4n) is 2.91. The maximum atomic E-state index is 13.0. The van der Waals surface area contributed by atoms with Crippen LogP contribution in [-0.4, -0.2) is 32.9 Å². The van der Waals surface area contributed by atoms with Crippen molar-refractivity contribution in [1.82, 2.24) is 9.97 Å². The SMILES string of the molecule is O=C(CSc1nccc(=O)[nH]1)N1c2ccccc2S[C@@H]2C=CC=C[C@@H]21. The lowest BCUT2D eigenvalue weighted by molar-refractivity contribution is -0.116. The molecule has 4 rings (SSSR count). The van der Waals surface area contributed by atoms with E-state index in [1.165, 1.54) is 24.0 Å². The standard InChI is InChI=1S/C18H15N3O2S2/c22-16-9-10-19-18(20-16)24-11-17(23)21-12-5-1-3-7-14(12)25-15-8-4-2-6-13(15)21/h1-10,12,14H,11H2,(H,19,20,22)/t12-,14+/m0/s1. The molecule has 7 heteroatoms. The summed E-state index contributed by atoms with van der Waals surface area (Å²) >= 11 is 3.02. The van der Waals surface area contributed by atoms with Crippen LogP contribution in [0.15, 0.2) is 75.7 Å². The minimum absolute atomic E-state index is 0.000724. The maximum absolute atomic E-state index is 13.0. The van der Waals surface area contributed by atoms with Crippen molar-refractivity contribution in [2.24, 2.45) is 0 Å². The molecule has 1 aromatic heterocycles. The molecule has 25 heavy (non-hydrogen) atoms. The van der Waals surface area contributed by atoms with Crippen molar-refractivity contribution in [3.63, 3.8) is 0 Å². The fourth-order valence-corrected chi connectivity index (χ4v) is 4.87. The topological polar surface area (TPSA) is 66.1 Å². The van der Waals surface area contributed by atoms with Crippen LogP contribution in [0.2, 0.25) is 0 Å². The van der Waals surface area contributed by atoms with E-state index in [2.05, 4.69) is 22.1 Å². The molecule has 0 unspecified atom stereocenters. The number of carbonyl (C=O) groups excluding carboxylic acids is 1. The highest BCUT2D eigenvalue weighted by Gasteiger charge is 2.36. The minimum Gasteiger partial charge on any atom is -0.302 e. The van der Waals surface area contributed by atoms with Crippen LogP contribution in [0.25, 0.3) is 0 Å². The molecule has 1 N–H and O–H groups in total. The van der Waals surface area contributed by atoms with E-state index in [-0.39, 0.29) is 28.5 Å². The molecular weight excluding hydrogens is 354 g/mol. The van der Waals surface area contributed by atoms with Gasteiger partial charge in [0.2, 0.25) is 5.91 Å². The number of allylic oxidation sites excluding steroid dienone is 2. The molecule has 1 aromatic carbocycles. The third-order valence-corrected chi connectivity index (χ3v) is 6.17. The number of hydrogen-bond acceptors (Lipinski definition) is 5. The third kappa shape index (κ3) is 3.29. The molecule has 2 aliphatic rings. The number of para-hydroxylation sites is 1. The number of aromatic nitrogens is 2. The normalized spacial score (nSPS) is 20.9. The van der Waals surface area contributed by atoms with Gasteiger partial charge < -0.3 is 9.88 Å². The monoisotopic (exact) mass is 369 g/mol. The Morgan fingerprint density at radius 3 is 2.96 bits per heavy atom. The Hall–Kier alpha value is -2.25. The second kappa shape index (κ2) is 6.93. The molecule has 0 bridgehead atoms. The van der Waals surface area contributed by atoms with Gasteiger partial charge in [-0.3, -0.25) is 9.59 Å². The number of benzene rings is 1. The van der Waals surface area contributed by atoms with Gasteiger partial charge in [-0.2, -0.15) is 0 Å². The summed E-state index contributed by atoms with van der Waals surface area (Å²) in [6.45, 7) is 0. The Morgan fingerprint density at radius 2 is 2.08 bits per heavy atom. The van der Waals surface area contributed by atoms with Gasteiger partial charge in [0, 0.05) is 17.2 Å². The summed E-state index contributed by atoms with van der Waals surface area (Å²) in [6.07, 6.45) is 9.66.